The van der Waals surface area contributed by atoms with E-state index in [9.17, 15) is 0 Å². The fourth-order valence-electron chi connectivity index (χ4n) is 4.44. The van der Waals surface area contributed by atoms with Crippen molar-refractivity contribution in [3.05, 3.63) is 0 Å². The molecule has 2 aliphatic carbocycles. The molecule has 154 valence electrons. The van der Waals surface area contributed by atoms with Crippen LogP contribution in [-0.2, 0) is 9.47 Å². The van der Waals surface area contributed by atoms with E-state index in [1.807, 2.05) is 0 Å². The van der Waals surface area contributed by atoms with Crippen LogP contribution in [0, 0.1) is 22.7 Å². The van der Waals surface area contributed by atoms with E-state index >= 15 is 0 Å². The molecule has 2 fully saturated rings. The van der Waals surface area contributed by atoms with Gasteiger partial charge in [-0.05, 0) is 68.1 Å². The first-order chi connectivity index (χ1) is 12.1. The van der Waals surface area contributed by atoms with Gasteiger partial charge in [0, 0.05) is 6.61 Å². The minimum absolute atomic E-state index is 0.228. The van der Waals surface area contributed by atoms with Crippen LogP contribution in [0.1, 0.15) is 106 Å². The molecule has 2 rings (SSSR count). The summed E-state index contributed by atoms with van der Waals surface area (Å²) in [6.07, 6.45) is 13.1. The third kappa shape index (κ3) is 7.15. The normalized spacial score (nSPS) is 28.3. The first-order valence-electron chi connectivity index (χ1n) is 11.3. The second-order valence-electron chi connectivity index (χ2n) is 11.4. The number of hydrogen-bond acceptors (Lipinski definition) is 2. The Bertz CT molecular complexity index is 397. The van der Waals surface area contributed by atoms with Crippen LogP contribution in [-0.4, -0.2) is 24.9 Å². The third-order valence-electron chi connectivity index (χ3n) is 6.88. The van der Waals surface area contributed by atoms with Gasteiger partial charge >= 0.3 is 0 Å². The van der Waals surface area contributed by atoms with Crippen molar-refractivity contribution in [3.8, 4) is 0 Å². The van der Waals surface area contributed by atoms with E-state index in [0.717, 1.165) is 18.4 Å². The van der Waals surface area contributed by atoms with Crippen molar-refractivity contribution in [3.63, 3.8) is 0 Å². The quantitative estimate of drug-likeness (QED) is 0.482. The standard InChI is InChI=1S/C24H46O2/c1-18(23(2,3)4)26-21-14-13-20(15-21)16-22(24(5,6)7)25-17-19-11-9-8-10-12-19/h18-22H,8-17H2,1-7H3. The highest BCUT2D eigenvalue weighted by atomic mass is 16.5. The molecule has 0 amide bonds. The zero-order chi connectivity index (χ0) is 19.4. The zero-order valence-electron chi connectivity index (χ0n) is 18.8. The third-order valence-corrected chi connectivity index (χ3v) is 6.88. The molecular weight excluding hydrogens is 320 g/mol. The average molecular weight is 367 g/mol. The summed E-state index contributed by atoms with van der Waals surface area (Å²) < 4.78 is 12.9. The summed E-state index contributed by atoms with van der Waals surface area (Å²) >= 11 is 0. The van der Waals surface area contributed by atoms with E-state index in [1.165, 1.54) is 57.8 Å². The Morgan fingerprint density at radius 3 is 2.04 bits per heavy atom. The van der Waals surface area contributed by atoms with Crippen LogP contribution in [0.25, 0.3) is 0 Å². The van der Waals surface area contributed by atoms with Crippen molar-refractivity contribution >= 4 is 0 Å². The lowest BCUT2D eigenvalue weighted by atomic mass is 9.82. The van der Waals surface area contributed by atoms with E-state index in [4.69, 9.17) is 9.47 Å². The first kappa shape index (κ1) is 22.2. The maximum Gasteiger partial charge on any atom is 0.0626 e. The Balaban J connectivity index is 1.81. The summed E-state index contributed by atoms with van der Waals surface area (Å²) in [6, 6.07) is 0. The van der Waals surface area contributed by atoms with Crippen LogP contribution >= 0.6 is 0 Å². The van der Waals surface area contributed by atoms with Gasteiger partial charge in [-0.2, -0.15) is 0 Å². The summed E-state index contributed by atoms with van der Waals surface area (Å²) in [5.41, 5.74) is 0.460. The van der Waals surface area contributed by atoms with Crippen LogP contribution in [0.4, 0.5) is 0 Å². The zero-order valence-corrected chi connectivity index (χ0v) is 18.8. The van der Waals surface area contributed by atoms with Gasteiger partial charge in [0.25, 0.3) is 0 Å². The van der Waals surface area contributed by atoms with E-state index < -0.39 is 0 Å². The molecule has 0 aromatic heterocycles. The van der Waals surface area contributed by atoms with Crippen molar-refractivity contribution in [1.82, 2.24) is 0 Å². The van der Waals surface area contributed by atoms with Crippen LogP contribution in [0.2, 0.25) is 0 Å². The molecule has 0 heterocycles. The molecule has 0 N–H and O–H groups in total. The minimum Gasteiger partial charge on any atom is -0.377 e. The lowest BCUT2D eigenvalue weighted by Crippen LogP contribution is -2.33. The molecule has 2 nitrogen and oxygen atoms in total. The largest absolute Gasteiger partial charge is 0.377 e. The Morgan fingerprint density at radius 1 is 0.808 bits per heavy atom. The Morgan fingerprint density at radius 2 is 1.46 bits per heavy atom. The van der Waals surface area contributed by atoms with Crippen molar-refractivity contribution in [2.24, 2.45) is 22.7 Å². The first-order valence-corrected chi connectivity index (χ1v) is 11.3. The van der Waals surface area contributed by atoms with Crippen LogP contribution in [0.15, 0.2) is 0 Å². The Labute approximate surface area is 163 Å². The molecular formula is C24H46O2. The summed E-state index contributed by atoms with van der Waals surface area (Å²) in [4.78, 5) is 0. The molecule has 26 heavy (non-hydrogen) atoms. The van der Waals surface area contributed by atoms with Crippen LogP contribution in [0.3, 0.4) is 0 Å². The molecule has 0 bridgehead atoms. The SMILES string of the molecule is CC(OC1CCC(CC(OCC2CCCCC2)C(C)(C)C)C1)C(C)(C)C. The fraction of sp³-hybridized carbons (Fsp3) is 1.00. The molecule has 4 atom stereocenters. The summed E-state index contributed by atoms with van der Waals surface area (Å²) in [6.45, 7) is 17.1. The maximum absolute atomic E-state index is 6.54. The van der Waals surface area contributed by atoms with Gasteiger partial charge < -0.3 is 9.47 Å². The van der Waals surface area contributed by atoms with Gasteiger partial charge in [-0.1, -0.05) is 60.8 Å². The van der Waals surface area contributed by atoms with Crippen LogP contribution < -0.4 is 0 Å². The molecule has 0 aliphatic heterocycles. The second-order valence-corrected chi connectivity index (χ2v) is 11.4. The lowest BCUT2D eigenvalue weighted by Gasteiger charge is -2.35. The van der Waals surface area contributed by atoms with Crippen LogP contribution in [0.5, 0.6) is 0 Å². The summed E-state index contributed by atoms with van der Waals surface area (Å²) in [5, 5.41) is 0. The summed E-state index contributed by atoms with van der Waals surface area (Å²) in [5.74, 6) is 1.57. The van der Waals surface area contributed by atoms with Gasteiger partial charge in [-0.25, -0.2) is 0 Å². The van der Waals surface area contributed by atoms with E-state index in [1.54, 1.807) is 0 Å². The van der Waals surface area contributed by atoms with E-state index in [-0.39, 0.29) is 10.8 Å². The average Bonchev–Trinajstić information content (AvgIpc) is 2.97. The van der Waals surface area contributed by atoms with Gasteiger partial charge in [0.05, 0.1) is 18.3 Å². The molecule has 0 spiro atoms. The molecule has 0 aromatic rings. The molecule has 2 heteroatoms. The highest BCUT2D eigenvalue weighted by molar-refractivity contribution is 4.85. The van der Waals surface area contributed by atoms with Gasteiger partial charge in [0.1, 0.15) is 0 Å². The number of ether oxygens (including phenoxy) is 2. The summed E-state index contributed by atoms with van der Waals surface area (Å²) in [7, 11) is 0. The molecule has 0 aromatic carbocycles. The molecule has 2 aliphatic rings. The molecule has 0 radical (unpaired) electrons. The topological polar surface area (TPSA) is 18.5 Å². The van der Waals surface area contributed by atoms with Crippen molar-refractivity contribution in [2.45, 2.75) is 125 Å². The Hall–Kier alpha value is -0.0800. The van der Waals surface area contributed by atoms with E-state index in [2.05, 4.69) is 48.5 Å². The van der Waals surface area contributed by atoms with Gasteiger partial charge in [0.2, 0.25) is 0 Å². The lowest BCUT2D eigenvalue weighted by molar-refractivity contribution is -0.0620. The van der Waals surface area contributed by atoms with Crippen molar-refractivity contribution < 1.29 is 9.47 Å². The fourth-order valence-corrected chi connectivity index (χ4v) is 4.44. The predicted molar refractivity (Wildman–Crippen MR) is 112 cm³/mol. The monoisotopic (exact) mass is 366 g/mol. The van der Waals surface area contributed by atoms with Gasteiger partial charge in [-0.15, -0.1) is 0 Å². The number of hydrogen-bond donors (Lipinski definition) is 0. The highest BCUT2D eigenvalue weighted by Crippen LogP contribution is 2.38. The second kappa shape index (κ2) is 9.41. The van der Waals surface area contributed by atoms with Crippen molar-refractivity contribution in [2.75, 3.05) is 6.61 Å². The molecule has 4 unspecified atom stereocenters. The Kier molecular flexibility index (Phi) is 8.04. The molecule has 2 saturated carbocycles. The minimum atomic E-state index is 0.228. The maximum atomic E-state index is 6.54. The van der Waals surface area contributed by atoms with Crippen molar-refractivity contribution in [1.29, 1.82) is 0 Å². The number of rotatable bonds is 7. The van der Waals surface area contributed by atoms with Gasteiger partial charge in [0.15, 0.2) is 0 Å². The van der Waals surface area contributed by atoms with Gasteiger partial charge in [-0.3, -0.25) is 0 Å². The smallest absolute Gasteiger partial charge is 0.0626 e. The predicted octanol–water partition coefficient (Wildman–Crippen LogP) is 7.01. The highest BCUT2D eigenvalue weighted by Gasteiger charge is 2.35. The molecule has 0 saturated heterocycles. The van der Waals surface area contributed by atoms with E-state index in [0.29, 0.717) is 18.3 Å².